The third-order valence-electron chi connectivity index (χ3n) is 4.08. The molecule has 0 unspecified atom stereocenters. The summed E-state index contributed by atoms with van der Waals surface area (Å²) in [5.74, 6) is 0.603. The van der Waals surface area contributed by atoms with E-state index in [1.165, 1.54) is 0 Å². The molecule has 0 bridgehead atoms. The molecular weight excluding hydrogens is 328 g/mol. The van der Waals surface area contributed by atoms with Crippen LogP contribution in [-0.4, -0.2) is 26.2 Å². The number of nitrogens with one attached hydrogen (secondary N) is 2. The van der Waals surface area contributed by atoms with Crippen molar-refractivity contribution >= 4 is 22.8 Å². The number of amides is 1. The summed E-state index contributed by atoms with van der Waals surface area (Å²) < 4.78 is 0. The third-order valence-corrected chi connectivity index (χ3v) is 4.08. The van der Waals surface area contributed by atoms with E-state index in [1.807, 2.05) is 48.5 Å². The molecule has 3 N–H and O–H groups in total. The number of carbonyl (C=O) groups excluding carboxylic acids is 1. The van der Waals surface area contributed by atoms with E-state index in [0.717, 1.165) is 22.1 Å². The number of aromatic hydroxyl groups is 1. The number of rotatable bonds is 4. The van der Waals surface area contributed by atoms with Gasteiger partial charge in [0.1, 0.15) is 11.6 Å². The normalized spacial score (nSPS) is 10.8. The summed E-state index contributed by atoms with van der Waals surface area (Å²) in [5, 5.41) is 20.0. The largest absolute Gasteiger partial charge is 0.508 e. The molecule has 0 atom stereocenters. The van der Waals surface area contributed by atoms with Gasteiger partial charge in [-0.25, -0.2) is 4.98 Å². The van der Waals surface area contributed by atoms with E-state index in [9.17, 15) is 9.90 Å². The predicted molar refractivity (Wildman–Crippen MR) is 99.8 cm³/mol. The van der Waals surface area contributed by atoms with E-state index >= 15 is 0 Å². The molecule has 0 aliphatic heterocycles. The number of pyridine rings is 1. The Kier molecular flexibility index (Phi) is 4.07. The van der Waals surface area contributed by atoms with Crippen molar-refractivity contribution in [2.45, 2.75) is 6.42 Å². The van der Waals surface area contributed by atoms with Crippen molar-refractivity contribution in [3.63, 3.8) is 0 Å². The molecule has 26 heavy (non-hydrogen) atoms. The number of anilines is 1. The lowest BCUT2D eigenvalue weighted by Gasteiger charge is -2.05. The molecule has 4 aromatic rings. The van der Waals surface area contributed by atoms with E-state index in [1.54, 1.807) is 18.3 Å². The summed E-state index contributed by atoms with van der Waals surface area (Å²) in [6, 6.07) is 18.3. The number of phenolic OH excluding ortho intramolecular Hbond substituents is 1. The van der Waals surface area contributed by atoms with Crippen molar-refractivity contribution in [1.29, 1.82) is 0 Å². The molecule has 128 valence electrons. The molecule has 6 heteroatoms. The van der Waals surface area contributed by atoms with E-state index in [0.29, 0.717) is 11.5 Å². The Morgan fingerprint density at radius 2 is 1.81 bits per heavy atom. The second kappa shape index (κ2) is 6.68. The van der Waals surface area contributed by atoms with Crippen LogP contribution in [0, 0.1) is 0 Å². The van der Waals surface area contributed by atoms with Crippen molar-refractivity contribution in [3.05, 3.63) is 72.4 Å². The first-order chi connectivity index (χ1) is 12.7. The molecule has 0 fully saturated rings. The molecule has 0 aliphatic carbocycles. The first kappa shape index (κ1) is 15.8. The first-order valence-corrected chi connectivity index (χ1v) is 8.16. The predicted octanol–water partition coefficient (Wildman–Crippen LogP) is 3.51. The molecule has 6 nitrogen and oxygen atoms in total. The van der Waals surface area contributed by atoms with E-state index in [4.69, 9.17) is 0 Å². The van der Waals surface area contributed by atoms with Crippen LogP contribution in [0.1, 0.15) is 5.56 Å². The number of fused-ring (bicyclic) bond motifs is 1. The highest BCUT2D eigenvalue weighted by Gasteiger charge is 2.12. The summed E-state index contributed by atoms with van der Waals surface area (Å²) in [6.07, 6.45) is 2.00. The summed E-state index contributed by atoms with van der Waals surface area (Å²) in [5.41, 5.74) is 3.26. The maximum atomic E-state index is 12.3. The van der Waals surface area contributed by atoms with E-state index in [-0.39, 0.29) is 18.1 Å². The van der Waals surface area contributed by atoms with Gasteiger partial charge in [-0.2, -0.15) is 5.10 Å². The summed E-state index contributed by atoms with van der Waals surface area (Å²) in [7, 11) is 0. The van der Waals surface area contributed by atoms with Crippen molar-refractivity contribution in [2.24, 2.45) is 0 Å². The highest BCUT2D eigenvalue weighted by Crippen LogP contribution is 2.27. The average molecular weight is 344 g/mol. The number of H-pyrrole nitrogens is 1. The van der Waals surface area contributed by atoms with Crippen LogP contribution in [0.25, 0.3) is 22.2 Å². The summed E-state index contributed by atoms with van der Waals surface area (Å²) in [4.78, 5) is 16.6. The maximum absolute atomic E-state index is 12.3. The first-order valence-electron chi connectivity index (χ1n) is 8.16. The standard InChI is InChI=1S/C20H16N4O2/c25-16-8-6-14(7-9-16)15-11-17-19(21-12-15)23-24-20(17)22-18(26)10-13-4-2-1-3-5-13/h1-9,11-12,25H,10H2,(H2,21,22,23,24,26). The molecule has 4 rings (SSSR count). The van der Waals surface area contributed by atoms with Gasteiger partial charge in [0.15, 0.2) is 5.65 Å². The molecule has 0 spiro atoms. The SMILES string of the molecule is O=C(Cc1ccccc1)Nc1[nH]nc2ncc(-c3ccc(O)cc3)cc12. The Balaban J connectivity index is 1.60. The summed E-state index contributed by atoms with van der Waals surface area (Å²) in [6.45, 7) is 0. The van der Waals surface area contributed by atoms with E-state index in [2.05, 4.69) is 20.5 Å². The number of aromatic nitrogens is 3. The number of carbonyl (C=O) groups is 1. The highest BCUT2D eigenvalue weighted by atomic mass is 16.3. The van der Waals surface area contributed by atoms with Crippen LogP contribution in [0.2, 0.25) is 0 Å². The molecular formula is C20H16N4O2. The summed E-state index contributed by atoms with van der Waals surface area (Å²) >= 11 is 0. The van der Waals surface area contributed by atoms with Gasteiger partial charge in [-0.3, -0.25) is 9.89 Å². The Bertz CT molecular complexity index is 1060. The molecule has 2 aromatic carbocycles. The number of benzene rings is 2. The third kappa shape index (κ3) is 3.25. The smallest absolute Gasteiger partial charge is 0.229 e. The Hall–Kier alpha value is -3.67. The molecule has 0 saturated heterocycles. The van der Waals surface area contributed by atoms with E-state index < -0.39 is 0 Å². The van der Waals surface area contributed by atoms with Gasteiger partial charge in [0.05, 0.1) is 11.8 Å². The van der Waals surface area contributed by atoms with Crippen LogP contribution < -0.4 is 5.32 Å². The van der Waals surface area contributed by atoms with Crippen molar-refractivity contribution in [3.8, 4) is 16.9 Å². The average Bonchev–Trinajstić information content (AvgIpc) is 3.05. The van der Waals surface area contributed by atoms with Gasteiger partial charge >= 0.3 is 0 Å². The number of hydrogen-bond acceptors (Lipinski definition) is 4. The fourth-order valence-corrected chi connectivity index (χ4v) is 2.77. The number of phenols is 1. The van der Waals surface area contributed by atoms with Crippen molar-refractivity contribution < 1.29 is 9.90 Å². The topological polar surface area (TPSA) is 90.9 Å². The second-order valence-corrected chi connectivity index (χ2v) is 5.95. The van der Waals surface area contributed by atoms with Crippen LogP contribution in [-0.2, 0) is 11.2 Å². The zero-order chi connectivity index (χ0) is 17.9. The Labute approximate surface area is 149 Å². The molecule has 0 aliphatic rings. The van der Waals surface area contributed by atoms with Gasteiger partial charge in [0.2, 0.25) is 5.91 Å². The van der Waals surface area contributed by atoms with Gasteiger partial charge < -0.3 is 10.4 Å². The molecule has 1 amide bonds. The monoisotopic (exact) mass is 344 g/mol. The van der Waals surface area contributed by atoms with Gasteiger partial charge in [-0.05, 0) is 29.3 Å². The molecule has 0 saturated carbocycles. The lowest BCUT2D eigenvalue weighted by atomic mass is 10.1. The quantitative estimate of drug-likeness (QED) is 0.528. The second-order valence-electron chi connectivity index (χ2n) is 5.95. The molecule has 2 heterocycles. The van der Waals surface area contributed by atoms with Crippen LogP contribution >= 0.6 is 0 Å². The number of hydrogen-bond donors (Lipinski definition) is 3. The van der Waals surface area contributed by atoms with Crippen LogP contribution in [0.4, 0.5) is 5.82 Å². The minimum Gasteiger partial charge on any atom is -0.508 e. The van der Waals surface area contributed by atoms with Gasteiger partial charge in [0.25, 0.3) is 0 Å². The maximum Gasteiger partial charge on any atom is 0.229 e. The van der Waals surface area contributed by atoms with Gasteiger partial charge in [-0.15, -0.1) is 0 Å². The molecule has 2 aromatic heterocycles. The fraction of sp³-hybridized carbons (Fsp3) is 0.0500. The highest BCUT2D eigenvalue weighted by molar-refractivity contribution is 6.00. The minimum absolute atomic E-state index is 0.128. The Morgan fingerprint density at radius 1 is 1.04 bits per heavy atom. The lowest BCUT2D eigenvalue weighted by molar-refractivity contribution is -0.115. The van der Waals surface area contributed by atoms with Gasteiger partial charge in [-0.1, -0.05) is 42.5 Å². The van der Waals surface area contributed by atoms with Crippen LogP contribution in [0.3, 0.4) is 0 Å². The zero-order valence-corrected chi connectivity index (χ0v) is 13.8. The van der Waals surface area contributed by atoms with Crippen molar-refractivity contribution in [1.82, 2.24) is 15.2 Å². The number of aromatic amines is 1. The fourth-order valence-electron chi connectivity index (χ4n) is 2.77. The Morgan fingerprint density at radius 3 is 2.58 bits per heavy atom. The number of nitrogens with zero attached hydrogens (tertiary/aromatic N) is 2. The molecule has 0 radical (unpaired) electrons. The van der Waals surface area contributed by atoms with Crippen LogP contribution in [0.15, 0.2) is 66.9 Å². The van der Waals surface area contributed by atoms with Crippen molar-refractivity contribution in [2.75, 3.05) is 5.32 Å². The lowest BCUT2D eigenvalue weighted by Crippen LogP contribution is -2.14. The van der Waals surface area contributed by atoms with Gasteiger partial charge in [0, 0.05) is 11.8 Å². The minimum atomic E-state index is -0.128. The van der Waals surface area contributed by atoms with Crippen LogP contribution in [0.5, 0.6) is 5.75 Å². The zero-order valence-electron chi connectivity index (χ0n) is 13.8.